The van der Waals surface area contributed by atoms with Gasteiger partial charge in [-0.2, -0.15) is 0 Å². The van der Waals surface area contributed by atoms with Gasteiger partial charge in [0.05, 0.1) is 32.6 Å². The van der Waals surface area contributed by atoms with Crippen LogP contribution in [0.4, 0.5) is 5.69 Å². The SMILES string of the molecule is CC[C@H](C)NC(=O)c1ccccc1NC(=O)c1cc(OC)c(OC)c(OC)c1. The van der Waals surface area contributed by atoms with E-state index in [1.165, 1.54) is 21.3 Å². The molecule has 0 aliphatic carbocycles. The van der Waals surface area contributed by atoms with Gasteiger partial charge in [-0.05, 0) is 37.6 Å². The van der Waals surface area contributed by atoms with Gasteiger partial charge in [-0.3, -0.25) is 9.59 Å². The Bertz CT molecular complexity index is 825. The Hall–Kier alpha value is -3.22. The molecule has 7 heteroatoms. The van der Waals surface area contributed by atoms with E-state index in [0.717, 1.165) is 6.42 Å². The van der Waals surface area contributed by atoms with Crippen molar-refractivity contribution in [2.45, 2.75) is 26.3 Å². The lowest BCUT2D eigenvalue weighted by molar-refractivity contribution is 0.0940. The molecule has 2 N–H and O–H groups in total. The molecule has 0 bridgehead atoms. The summed E-state index contributed by atoms with van der Waals surface area (Å²) in [5.41, 5.74) is 1.12. The fourth-order valence-electron chi connectivity index (χ4n) is 2.60. The molecule has 0 aliphatic rings. The summed E-state index contributed by atoms with van der Waals surface area (Å²) in [5.74, 6) is 0.498. The van der Waals surface area contributed by atoms with Crippen LogP contribution < -0.4 is 24.8 Å². The smallest absolute Gasteiger partial charge is 0.255 e. The standard InChI is InChI=1S/C21H26N2O5/c1-6-13(2)22-21(25)15-9-7-8-10-16(15)23-20(24)14-11-17(26-3)19(28-5)18(12-14)27-4/h7-13H,6H2,1-5H3,(H,22,25)(H,23,24)/t13-/m0/s1. The third-order valence-corrected chi connectivity index (χ3v) is 4.34. The monoisotopic (exact) mass is 386 g/mol. The van der Waals surface area contributed by atoms with Gasteiger partial charge in [-0.25, -0.2) is 0 Å². The lowest BCUT2D eigenvalue weighted by Crippen LogP contribution is -2.32. The Kier molecular flexibility index (Phi) is 7.26. The van der Waals surface area contributed by atoms with Crippen molar-refractivity contribution in [3.63, 3.8) is 0 Å². The highest BCUT2D eigenvalue weighted by atomic mass is 16.5. The van der Waals surface area contributed by atoms with E-state index in [1.54, 1.807) is 36.4 Å². The van der Waals surface area contributed by atoms with E-state index < -0.39 is 5.91 Å². The molecule has 150 valence electrons. The van der Waals surface area contributed by atoms with Gasteiger partial charge in [-0.15, -0.1) is 0 Å². The fourth-order valence-corrected chi connectivity index (χ4v) is 2.60. The van der Waals surface area contributed by atoms with Crippen LogP contribution in [0.1, 0.15) is 41.0 Å². The maximum absolute atomic E-state index is 12.8. The quantitative estimate of drug-likeness (QED) is 0.725. The first-order valence-electron chi connectivity index (χ1n) is 8.96. The number of rotatable bonds is 8. The highest BCUT2D eigenvalue weighted by Gasteiger charge is 2.19. The second-order valence-electron chi connectivity index (χ2n) is 6.20. The topological polar surface area (TPSA) is 85.9 Å². The minimum absolute atomic E-state index is 0.0337. The zero-order valence-electron chi connectivity index (χ0n) is 16.8. The largest absolute Gasteiger partial charge is 0.493 e. The van der Waals surface area contributed by atoms with Crippen LogP contribution in [0.2, 0.25) is 0 Å². The van der Waals surface area contributed by atoms with Gasteiger partial charge in [0.25, 0.3) is 11.8 Å². The molecule has 2 aromatic rings. The van der Waals surface area contributed by atoms with Crippen LogP contribution in [0.25, 0.3) is 0 Å². The summed E-state index contributed by atoms with van der Waals surface area (Å²) in [6.07, 6.45) is 0.811. The van der Waals surface area contributed by atoms with Gasteiger partial charge in [0.2, 0.25) is 5.75 Å². The maximum Gasteiger partial charge on any atom is 0.255 e. The first-order valence-corrected chi connectivity index (χ1v) is 8.96. The van der Waals surface area contributed by atoms with Gasteiger partial charge >= 0.3 is 0 Å². The Morgan fingerprint density at radius 1 is 0.964 bits per heavy atom. The van der Waals surface area contributed by atoms with Gasteiger partial charge in [-0.1, -0.05) is 19.1 Å². The van der Waals surface area contributed by atoms with E-state index >= 15 is 0 Å². The zero-order chi connectivity index (χ0) is 20.7. The molecule has 0 saturated heterocycles. The number of carbonyl (C=O) groups excluding carboxylic acids is 2. The molecule has 7 nitrogen and oxygen atoms in total. The Morgan fingerprint density at radius 2 is 1.57 bits per heavy atom. The molecule has 0 radical (unpaired) electrons. The number of ether oxygens (including phenoxy) is 3. The molecule has 0 spiro atoms. The van der Waals surface area contributed by atoms with Crippen LogP contribution in [0.3, 0.4) is 0 Å². The third kappa shape index (κ3) is 4.73. The van der Waals surface area contributed by atoms with Gasteiger partial charge in [0.15, 0.2) is 11.5 Å². The number of anilines is 1. The molecule has 1 atom stereocenters. The Balaban J connectivity index is 2.32. The van der Waals surface area contributed by atoms with Crippen molar-refractivity contribution in [3.8, 4) is 17.2 Å². The number of methoxy groups -OCH3 is 3. The van der Waals surface area contributed by atoms with Crippen molar-refractivity contribution in [3.05, 3.63) is 47.5 Å². The van der Waals surface area contributed by atoms with E-state index in [2.05, 4.69) is 10.6 Å². The van der Waals surface area contributed by atoms with Crippen LogP contribution in [0.5, 0.6) is 17.2 Å². The summed E-state index contributed by atoms with van der Waals surface area (Å²) >= 11 is 0. The number of amides is 2. The van der Waals surface area contributed by atoms with Crippen LogP contribution >= 0.6 is 0 Å². The van der Waals surface area contributed by atoms with Crippen molar-refractivity contribution in [1.82, 2.24) is 5.32 Å². The normalized spacial score (nSPS) is 11.3. The number of hydrogen-bond donors (Lipinski definition) is 2. The van der Waals surface area contributed by atoms with Crippen molar-refractivity contribution in [2.75, 3.05) is 26.6 Å². The molecule has 2 aromatic carbocycles. The highest BCUT2D eigenvalue weighted by Crippen LogP contribution is 2.38. The van der Waals surface area contributed by atoms with Crippen LogP contribution in [0, 0.1) is 0 Å². The van der Waals surface area contributed by atoms with Crippen molar-refractivity contribution in [2.24, 2.45) is 0 Å². The molecule has 0 unspecified atom stereocenters. The van der Waals surface area contributed by atoms with Gasteiger partial charge in [0, 0.05) is 11.6 Å². The number of benzene rings is 2. The van der Waals surface area contributed by atoms with E-state index in [4.69, 9.17) is 14.2 Å². The lowest BCUT2D eigenvalue weighted by Gasteiger charge is -2.16. The predicted octanol–water partition coefficient (Wildman–Crippen LogP) is 3.49. The Morgan fingerprint density at radius 3 is 2.11 bits per heavy atom. The summed E-state index contributed by atoms with van der Waals surface area (Å²) in [4.78, 5) is 25.3. The first kappa shape index (κ1) is 21.1. The van der Waals surface area contributed by atoms with Crippen LogP contribution in [-0.4, -0.2) is 39.2 Å². The van der Waals surface area contributed by atoms with Gasteiger partial charge < -0.3 is 24.8 Å². The molecule has 0 aliphatic heterocycles. The summed E-state index contributed by atoms with van der Waals surface area (Å²) in [6, 6.07) is 10.00. The molecule has 0 heterocycles. The van der Waals surface area contributed by atoms with Crippen LogP contribution in [0.15, 0.2) is 36.4 Å². The highest BCUT2D eigenvalue weighted by molar-refractivity contribution is 6.09. The molecular formula is C21H26N2O5. The van der Waals surface area contributed by atoms with Crippen molar-refractivity contribution in [1.29, 1.82) is 0 Å². The number of carbonyl (C=O) groups is 2. The molecule has 2 rings (SSSR count). The van der Waals surface area contributed by atoms with Crippen LogP contribution in [-0.2, 0) is 0 Å². The number of para-hydroxylation sites is 1. The van der Waals surface area contributed by atoms with E-state index in [1.807, 2.05) is 13.8 Å². The van der Waals surface area contributed by atoms with E-state index in [9.17, 15) is 9.59 Å². The first-order chi connectivity index (χ1) is 13.4. The predicted molar refractivity (Wildman–Crippen MR) is 108 cm³/mol. The number of nitrogens with one attached hydrogen (secondary N) is 2. The summed E-state index contributed by atoms with van der Waals surface area (Å²) in [6.45, 7) is 3.91. The van der Waals surface area contributed by atoms with E-state index in [-0.39, 0.29) is 11.9 Å². The summed E-state index contributed by atoms with van der Waals surface area (Å²) in [7, 11) is 4.45. The van der Waals surface area contributed by atoms with Crippen molar-refractivity contribution < 1.29 is 23.8 Å². The second-order valence-corrected chi connectivity index (χ2v) is 6.20. The van der Waals surface area contributed by atoms with E-state index in [0.29, 0.717) is 34.1 Å². The molecule has 2 amide bonds. The maximum atomic E-state index is 12.8. The summed E-state index contributed by atoms with van der Waals surface area (Å²) in [5, 5.41) is 5.69. The minimum Gasteiger partial charge on any atom is -0.493 e. The summed E-state index contributed by atoms with van der Waals surface area (Å²) < 4.78 is 15.9. The zero-order valence-corrected chi connectivity index (χ0v) is 16.8. The molecular weight excluding hydrogens is 360 g/mol. The molecule has 0 aromatic heterocycles. The molecule has 28 heavy (non-hydrogen) atoms. The average molecular weight is 386 g/mol. The molecule has 0 fully saturated rings. The lowest BCUT2D eigenvalue weighted by atomic mass is 10.1. The Labute approximate surface area is 165 Å². The number of hydrogen-bond acceptors (Lipinski definition) is 5. The van der Waals surface area contributed by atoms with Crippen molar-refractivity contribution >= 4 is 17.5 Å². The minimum atomic E-state index is -0.400. The fraction of sp³-hybridized carbons (Fsp3) is 0.333. The second kappa shape index (κ2) is 9.64. The average Bonchev–Trinajstić information content (AvgIpc) is 2.72. The van der Waals surface area contributed by atoms with Gasteiger partial charge in [0.1, 0.15) is 0 Å². The third-order valence-electron chi connectivity index (χ3n) is 4.34. The molecule has 0 saturated carbocycles.